The van der Waals surface area contributed by atoms with E-state index in [1.807, 2.05) is 18.3 Å². The van der Waals surface area contributed by atoms with E-state index in [9.17, 15) is 8.42 Å². The third-order valence-electron chi connectivity index (χ3n) is 6.40. The maximum Gasteiger partial charge on any atom is 0.209 e. The number of nitrogens with zero attached hydrogens (tertiary/aromatic N) is 3. The molecule has 1 aromatic heterocycles. The molecule has 0 atom stereocenters. The number of hydrogen-bond acceptors (Lipinski definition) is 5. The summed E-state index contributed by atoms with van der Waals surface area (Å²) in [6.07, 6.45) is 7.90. The molecule has 8 nitrogen and oxygen atoms in total. The Balaban J connectivity index is 1.67. The largest absolute Gasteiger partial charge is 0.399 e. The fourth-order valence-electron chi connectivity index (χ4n) is 4.66. The van der Waals surface area contributed by atoms with Crippen LogP contribution in [0, 0.1) is 5.92 Å². The second-order valence-electron chi connectivity index (χ2n) is 9.04. The molecule has 1 aliphatic carbocycles. The molecule has 2 heterocycles. The first-order valence-electron chi connectivity index (χ1n) is 11.0. The number of benzene rings is 1. The molecule has 0 radical (unpaired) electrons. The molecular formula is C23H31ClN6O2S. The standard InChI is InChI=1S/C23H31ClN6O2S/c1-15(26)22-21(18-6-16(7-19(24)10-18)11-28-33(2,31)32)13-30(23(22)27-14-25)20-8-17(9-20)12-29-4-3-5-29/h6-7,10,13-14,17,20,28H,1,3-5,8-9,11-12,26H2,2H3,(H2,25,27). The minimum absolute atomic E-state index is 0.140. The van der Waals surface area contributed by atoms with E-state index in [4.69, 9.17) is 23.1 Å². The highest BCUT2D eigenvalue weighted by molar-refractivity contribution is 7.88. The lowest BCUT2D eigenvalue weighted by Gasteiger charge is -2.42. The van der Waals surface area contributed by atoms with Gasteiger partial charge in [0.1, 0.15) is 5.82 Å². The summed E-state index contributed by atoms with van der Waals surface area (Å²) in [5.74, 6) is 1.36. The van der Waals surface area contributed by atoms with Crippen molar-refractivity contribution in [1.82, 2.24) is 14.2 Å². The number of aliphatic imine (C=N–C) groups is 1. The van der Waals surface area contributed by atoms with Crippen LogP contribution in [0.1, 0.15) is 36.4 Å². The van der Waals surface area contributed by atoms with Crippen molar-refractivity contribution in [3.8, 4) is 11.1 Å². The summed E-state index contributed by atoms with van der Waals surface area (Å²) in [6, 6.07) is 5.79. The summed E-state index contributed by atoms with van der Waals surface area (Å²) in [7, 11) is -3.33. The second kappa shape index (κ2) is 9.50. The number of likely N-dealkylation sites (tertiary alicyclic amines) is 1. The molecule has 0 spiro atoms. The van der Waals surface area contributed by atoms with Gasteiger partial charge < -0.3 is 20.9 Å². The monoisotopic (exact) mass is 490 g/mol. The first-order valence-corrected chi connectivity index (χ1v) is 13.3. The van der Waals surface area contributed by atoms with Crippen LogP contribution in [-0.4, -0.2) is 50.1 Å². The van der Waals surface area contributed by atoms with Gasteiger partial charge in [0.05, 0.1) is 12.6 Å². The Bertz CT molecular complexity index is 1180. The number of rotatable bonds is 9. The summed E-state index contributed by atoms with van der Waals surface area (Å²) >= 11 is 6.39. The lowest BCUT2D eigenvalue weighted by Crippen LogP contribution is -2.43. The minimum Gasteiger partial charge on any atom is -0.399 e. The highest BCUT2D eigenvalue weighted by Gasteiger charge is 2.35. The Morgan fingerprint density at radius 2 is 2.06 bits per heavy atom. The molecule has 2 fully saturated rings. The molecular weight excluding hydrogens is 460 g/mol. The Morgan fingerprint density at radius 1 is 1.33 bits per heavy atom. The topological polar surface area (TPSA) is 119 Å². The average molecular weight is 491 g/mol. The molecule has 178 valence electrons. The maximum atomic E-state index is 11.5. The molecule has 0 unspecified atom stereocenters. The van der Waals surface area contributed by atoms with Crippen LogP contribution in [0.15, 0.2) is 36.0 Å². The van der Waals surface area contributed by atoms with Gasteiger partial charge in [0.15, 0.2) is 0 Å². The molecule has 10 heteroatoms. The molecule has 1 aliphatic heterocycles. The number of nitrogens with one attached hydrogen (secondary N) is 1. The Hall–Kier alpha value is -2.33. The summed E-state index contributed by atoms with van der Waals surface area (Å²) in [5.41, 5.74) is 15.4. The Labute approximate surface area is 200 Å². The first-order chi connectivity index (χ1) is 15.6. The van der Waals surface area contributed by atoms with Crippen molar-refractivity contribution in [2.75, 3.05) is 25.9 Å². The molecule has 33 heavy (non-hydrogen) atoms. The third-order valence-corrected chi connectivity index (χ3v) is 7.29. The van der Waals surface area contributed by atoms with E-state index in [2.05, 4.69) is 25.8 Å². The summed E-state index contributed by atoms with van der Waals surface area (Å²) in [6.45, 7) is 7.69. The van der Waals surface area contributed by atoms with Crippen molar-refractivity contribution in [3.05, 3.63) is 47.1 Å². The molecule has 1 saturated carbocycles. The zero-order chi connectivity index (χ0) is 23.8. The molecule has 0 bridgehead atoms. The number of hydrogen-bond donors (Lipinski definition) is 3. The predicted octanol–water partition coefficient (Wildman–Crippen LogP) is 3.06. The Morgan fingerprint density at radius 3 is 2.64 bits per heavy atom. The van der Waals surface area contributed by atoms with Gasteiger partial charge in [-0.05, 0) is 67.6 Å². The fourth-order valence-corrected chi connectivity index (χ4v) is 5.35. The van der Waals surface area contributed by atoms with Gasteiger partial charge in [0.2, 0.25) is 10.0 Å². The molecule has 2 aromatic rings. The van der Waals surface area contributed by atoms with Crippen molar-refractivity contribution in [2.45, 2.75) is 31.8 Å². The lowest BCUT2D eigenvalue weighted by atomic mass is 9.79. The van der Waals surface area contributed by atoms with Gasteiger partial charge in [-0.25, -0.2) is 18.1 Å². The van der Waals surface area contributed by atoms with Crippen LogP contribution in [-0.2, 0) is 16.6 Å². The van der Waals surface area contributed by atoms with E-state index in [1.54, 1.807) is 6.07 Å². The molecule has 2 aliphatic rings. The maximum absolute atomic E-state index is 11.5. The van der Waals surface area contributed by atoms with Crippen molar-refractivity contribution < 1.29 is 8.42 Å². The highest BCUT2D eigenvalue weighted by atomic mass is 35.5. The highest BCUT2D eigenvalue weighted by Crippen LogP contribution is 2.46. The average Bonchev–Trinajstić information content (AvgIpc) is 3.02. The summed E-state index contributed by atoms with van der Waals surface area (Å²) in [4.78, 5) is 6.95. The first kappa shape index (κ1) is 23.8. The minimum atomic E-state index is -3.33. The molecule has 1 aromatic carbocycles. The third kappa shape index (κ3) is 5.43. The van der Waals surface area contributed by atoms with Gasteiger partial charge >= 0.3 is 0 Å². The van der Waals surface area contributed by atoms with E-state index in [-0.39, 0.29) is 6.54 Å². The zero-order valence-electron chi connectivity index (χ0n) is 18.8. The fraction of sp³-hybridized carbons (Fsp3) is 0.435. The number of halogens is 1. The van der Waals surface area contributed by atoms with Gasteiger partial charge in [-0.3, -0.25) is 0 Å². The van der Waals surface area contributed by atoms with E-state index in [0.717, 1.165) is 42.3 Å². The lowest BCUT2D eigenvalue weighted by molar-refractivity contribution is 0.0915. The van der Waals surface area contributed by atoms with Crippen molar-refractivity contribution >= 4 is 39.5 Å². The van der Waals surface area contributed by atoms with E-state index in [1.165, 1.54) is 25.8 Å². The predicted molar refractivity (Wildman–Crippen MR) is 135 cm³/mol. The van der Waals surface area contributed by atoms with Gasteiger partial charge in [0, 0.05) is 47.2 Å². The van der Waals surface area contributed by atoms with E-state index < -0.39 is 10.0 Å². The van der Waals surface area contributed by atoms with Gasteiger partial charge in [-0.2, -0.15) is 0 Å². The molecule has 1 saturated heterocycles. The van der Waals surface area contributed by atoms with Gasteiger partial charge in [0.25, 0.3) is 0 Å². The number of nitrogens with two attached hydrogens (primary N) is 2. The molecule has 4 rings (SSSR count). The van der Waals surface area contributed by atoms with Crippen LogP contribution in [0.5, 0.6) is 0 Å². The van der Waals surface area contributed by atoms with Gasteiger partial charge in [-0.1, -0.05) is 18.2 Å². The summed E-state index contributed by atoms with van der Waals surface area (Å²) in [5, 5.41) is 0.501. The van der Waals surface area contributed by atoms with Crippen LogP contribution < -0.4 is 16.2 Å². The van der Waals surface area contributed by atoms with E-state index >= 15 is 0 Å². The molecule has 0 amide bonds. The second-order valence-corrected chi connectivity index (χ2v) is 11.3. The van der Waals surface area contributed by atoms with Crippen molar-refractivity contribution in [1.29, 1.82) is 0 Å². The van der Waals surface area contributed by atoms with Crippen LogP contribution in [0.3, 0.4) is 0 Å². The quantitative estimate of drug-likeness (QED) is 0.368. The van der Waals surface area contributed by atoms with Crippen LogP contribution in [0.2, 0.25) is 5.02 Å². The SMILES string of the molecule is C=C(N)c1c(-c2cc(Cl)cc(CNS(C)(=O)=O)c2)cn(C2CC(CN3CCC3)C2)c1N=CN. The van der Waals surface area contributed by atoms with Crippen LogP contribution >= 0.6 is 11.6 Å². The van der Waals surface area contributed by atoms with Gasteiger partial charge in [-0.15, -0.1) is 0 Å². The number of sulfonamides is 1. The zero-order valence-corrected chi connectivity index (χ0v) is 20.4. The smallest absolute Gasteiger partial charge is 0.209 e. The number of aromatic nitrogens is 1. The Kier molecular flexibility index (Phi) is 6.86. The summed E-state index contributed by atoms with van der Waals surface area (Å²) < 4.78 is 27.7. The van der Waals surface area contributed by atoms with E-state index in [0.29, 0.717) is 34.1 Å². The van der Waals surface area contributed by atoms with Crippen LogP contribution in [0.4, 0.5) is 5.82 Å². The molecule has 5 N–H and O–H groups in total. The normalized spacial score (nSPS) is 21.2. The van der Waals surface area contributed by atoms with Crippen molar-refractivity contribution in [2.24, 2.45) is 22.4 Å². The van der Waals surface area contributed by atoms with Crippen molar-refractivity contribution in [3.63, 3.8) is 0 Å². The van der Waals surface area contributed by atoms with Crippen LogP contribution in [0.25, 0.3) is 16.8 Å².